The van der Waals surface area contributed by atoms with Gasteiger partial charge in [-0.3, -0.25) is 9.59 Å². The van der Waals surface area contributed by atoms with E-state index in [1.54, 1.807) is 9.80 Å². The largest absolute Gasteiger partial charge is 0.396 e. The van der Waals surface area contributed by atoms with Crippen molar-refractivity contribution in [2.45, 2.75) is 174 Å². The van der Waals surface area contributed by atoms with Gasteiger partial charge in [0.15, 0.2) is 0 Å². The first-order valence-electron chi connectivity index (χ1n) is 17.9. The van der Waals surface area contributed by atoms with E-state index in [9.17, 15) is 24.9 Å². The Morgan fingerprint density at radius 1 is 0.476 bits per heavy atom. The number of unbranched alkanes of at least 4 members (excludes halogenated alkanes) is 18. The Morgan fingerprint density at radius 3 is 1.05 bits per heavy atom. The van der Waals surface area contributed by atoms with Crippen molar-refractivity contribution in [1.82, 2.24) is 9.80 Å². The molecule has 0 rings (SSSR count). The molecule has 7 nitrogen and oxygen atoms in total. The first-order chi connectivity index (χ1) is 20.5. The Kier molecular flexibility index (Phi) is 30.4. The first kappa shape index (κ1) is 40.8. The van der Waals surface area contributed by atoms with Crippen LogP contribution in [0.4, 0.5) is 0 Å². The number of rotatable bonds is 32. The molecule has 0 aliphatic rings. The Morgan fingerprint density at radius 2 is 0.762 bits per heavy atom. The molecule has 0 bridgehead atoms. The molecule has 7 heteroatoms. The number of nitrogens with zero attached hydrogens (tertiary/aromatic N) is 2. The van der Waals surface area contributed by atoms with Crippen LogP contribution in [0.15, 0.2) is 0 Å². The van der Waals surface area contributed by atoms with E-state index in [1.165, 1.54) is 103 Å². The summed E-state index contributed by atoms with van der Waals surface area (Å²) in [5, 5.41) is 29.4. The van der Waals surface area contributed by atoms with Crippen molar-refractivity contribution in [1.29, 1.82) is 0 Å². The van der Waals surface area contributed by atoms with Gasteiger partial charge in [0.05, 0.1) is 6.10 Å². The highest BCUT2D eigenvalue weighted by Crippen LogP contribution is 2.14. The molecule has 250 valence electrons. The van der Waals surface area contributed by atoms with Crippen molar-refractivity contribution in [2.24, 2.45) is 0 Å². The van der Waals surface area contributed by atoms with Gasteiger partial charge in [-0.2, -0.15) is 0 Å². The van der Waals surface area contributed by atoms with E-state index >= 15 is 0 Å². The SMILES string of the molecule is CCCCCCCCCCCCN(CC(O)CN(CCCCCCCCCCCC)C(=O)CCCO)C(=O)CCCO. The summed E-state index contributed by atoms with van der Waals surface area (Å²) in [6.07, 6.45) is 25.1. The molecule has 42 heavy (non-hydrogen) atoms. The van der Waals surface area contributed by atoms with Crippen molar-refractivity contribution < 1.29 is 24.9 Å². The van der Waals surface area contributed by atoms with Crippen molar-refractivity contribution >= 4 is 11.8 Å². The van der Waals surface area contributed by atoms with Crippen LogP contribution in [0, 0.1) is 0 Å². The third kappa shape index (κ3) is 25.3. The second kappa shape index (κ2) is 31.3. The Bertz CT molecular complexity index is 554. The van der Waals surface area contributed by atoms with Gasteiger partial charge in [0.25, 0.3) is 0 Å². The maximum absolute atomic E-state index is 12.9. The zero-order chi connectivity index (χ0) is 31.1. The summed E-state index contributed by atoms with van der Waals surface area (Å²) in [7, 11) is 0. The highest BCUT2D eigenvalue weighted by molar-refractivity contribution is 5.77. The predicted octanol–water partition coefficient (Wildman–Crippen LogP) is 7.39. The third-order valence-electron chi connectivity index (χ3n) is 8.23. The molecule has 0 saturated heterocycles. The van der Waals surface area contributed by atoms with Gasteiger partial charge in [-0.05, 0) is 25.7 Å². The van der Waals surface area contributed by atoms with E-state index in [2.05, 4.69) is 13.8 Å². The summed E-state index contributed by atoms with van der Waals surface area (Å²) < 4.78 is 0. The maximum Gasteiger partial charge on any atom is 0.222 e. The predicted molar refractivity (Wildman–Crippen MR) is 175 cm³/mol. The molecule has 0 saturated carbocycles. The summed E-state index contributed by atoms with van der Waals surface area (Å²) in [6.45, 7) is 6.07. The molecule has 0 heterocycles. The number of carbonyl (C=O) groups excluding carboxylic acids is 2. The molecular weight excluding hydrogens is 528 g/mol. The lowest BCUT2D eigenvalue weighted by molar-refractivity contribution is -0.135. The topological polar surface area (TPSA) is 101 Å². The van der Waals surface area contributed by atoms with Gasteiger partial charge in [-0.25, -0.2) is 0 Å². The fourth-order valence-corrected chi connectivity index (χ4v) is 5.56. The minimum atomic E-state index is -0.813. The number of aliphatic hydroxyl groups is 3. The number of carbonyl (C=O) groups is 2. The van der Waals surface area contributed by atoms with E-state index in [-0.39, 0.29) is 51.0 Å². The van der Waals surface area contributed by atoms with E-state index < -0.39 is 6.10 Å². The molecule has 0 spiro atoms. The summed E-state index contributed by atoms with van der Waals surface area (Å²) >= 11 is 0. The summed E-state index contributed by atoms with van der Waals surface area (Å²) in [5.74, 6) is -0.0706. The van der Waals surface area contributed by atoms with Crippen LogP contribution in [0.25, 0.3) is 0 Å². The normalized spacial score (nSPS) is 11.4. The van der Waals surface area contributed by atoms with E-state index in [4.69, 9.17) is 0 Å². The zero-order valence-corrected chi connectivity index (χ0v) is 27.8. The van der Waals surface area contributed by atoms with E-state index in [1.807, 2.05) is 0 Å². The van der Waals surface area contributed by atoms with Crippen molar-refractivity contribution in [3.63, 3.8) is 0 Å². The molecule has 0 radical (unpaired) electrons. The van der Waals surface area contributed by atoms with Crippen LogP contribution >= 0.6 is 0 Å². The molecule has 0 fully saturated rings. The van der Waals surface area contributed by atoms with Gasteiger partial charge in [-0.1, -0.05) is 129 Å². The van der Waals surface area contributed by atoms with Crippen molar-refractivity contribution in [2.75, 3.05) is 39.4 Å². The lowest BCUT2D eigenvalue weighted by atomic mass is 10.1. The number of aliphatic hydroxyl groups excluding tert-OH is 3. The molecule has 0 aliphatic carbocycles. The fourth-order valence-electron chi connectivity index (χ4n) is 5.56. The van der Waals surface area contributed by atoms with Gasteiger partial charge in [0.1, 0.15) is 0 Å². The third-order valence-corrected chi connectivity index (χ3v) is 8.23. The molecule has 0 aromatic rings. The van der Waals surface area contributed by atoms with Crippen molar-refractivity contribution in [3.8, 4) is 0 Å². The standard InChI is InChI=1S/C35H70N2O5/c1-3-5-7-9-11-13-15-17-19-21-27-36(34(41)25-23-29-38)31-33(40)32-37(35(42)26-24-30-39)28-22-20-18-16-14-12-10-8-6-4-2/h33,38-40H,3-32H2,1-2H3. The summed E-state index contributed by atoms with van der Waals surface area (Å²) in [6, 6.07) is 0. The monoisotopic (exact) mass is 599 g/mol. The molecule has 0 aliphatic heterocycles. The smallest absolute Gasteiger partial charge is 0.222 e. The Balaban J connectivity index is 4.64. The van der Waals surface area contributed by atoms with Crippen molar-refractivity contribution in [3.05, 3.63) is 0 Å². The lowest BCUT2D eigenvalue weighted by Crippen LogP contribution is -2.45. The van der Waals surface area contributed by atoms with Gasteiger partial charge < -0.3 is 25.1 Å². The van der Waals surface area contributed by atoms with Crippen LogP contribution in [0.1, 0.15) is 168 Å². The van der Waals surface area contributed by atoms with Gasteiger partial charge in [0.2, 0.25) is 11.8 Å². The van der Waals surface area contributed by atoms with Gasteiger partial charge in [0, 0.05) is 52.2 Å². The molecule has 0 aromatic heterocycles. The van der Waals surface area contributed by atoms with Crippen LogP contribution in [-0.2, 0) is 9.59 Å². The summed E-state index contributed by atoms with van der Waals surface area (Å²) in [4.78, 5) is 29.2. The number of hydrogen-bond donors (Lipinski definition) is 3. The maximum atomic E-state index is 12.9. The van der Waals surface area contributed by atoms with Crippen LogP contribution < -0.4 is 0 Å². The van der Waals surface area contributed by atoms with Crippen LogP contribution in [0.3, 0.4) is 0 Å². The lowest BCUT2D eigenvalue weighted by Gasteiger charge is -2.30. The molecule has 2 amide bonds. The molecule has 0 aromatic carbocycles. The second-order valence-electron chi connectivity index (χ2n) is 12.4. The number of hydrogen-bond acceptors (Lipinski definition) is 5. The van der Waals surface area contributed by atoms with Gasteiger partial charge >= 0.3 is 0 Å². The van der Waals surface area contributed by atoms with Crippen LogP contribution in [0.5, 0.6) is 0 Å². The Hall–Kier alpha value is -1.18. The van der Waals surface area contributed by atoms with E-state index in [0.717, 1.165) is 25.7 Å². The molecular formula is C35H70N2O5. The molecule has 3 N–H and O–H groups in total. The molecule has 0 unspecified atom stereocenters. The van der Waals surface area contributed by atoms with Crippen LogP contribution in [-0.4, -0.2) is 82.4 Å². The quantitative estimate of drug-likeness (QED) is 0.0701. The summed E-state index contributed by atoms with van der Waals surface area (Å²) in [5.41, 5.74) is 0. The minimum Gasteiger partial charge on any atom is -0.396 e. The van der Waals surface area contributed by atoms with E-state index in [0.29, 0.717) is 25.9 Å². The average molecular weight is 599 g/mol. The zero-order valence-electron chi connectivity index (χ0n) is 27.8. The number of amides is 2. The van der Waals surface area contributed by atoms with Gasteiger partial charge in [-0.15, -0.1) is 0 Å². The Labute approximate surface area is 259 Å². The fraction of sp³-hybridized carbons (Fsp3) is 0.943. The first-order valence-corrected chi connectivity index (χ1v) is 17.9. The molecule has 0 atom stereocenters. The average Bonchev–Trinajstić information content (AvgIpc) is 2.99. The van der Waals surface area contributed by atoms with Crippen LogP contribution in [0.2, 0.25) is 0 Å². The highest BCUT2D eigenvalue weighted by atomic mass is 16.3. The second-order valence-corrected chi connectivity index (χ2v) is 12.4. The highest BCUT2D eigenvalue weighted by Gasteiger charge is 2.21. The minimum absolute atomic E-state index is 0.0214.